The molecule has 0 fully saturated rings. The number of carbonyl (C=O) groups is 2. The highest BCUT2D eigenvalue weighted by Crippen LogP contribution is 2.31. The van der Waals surface area contributed by atoms with E-state index < -0.39 is 23.4 Å². The zero-order valence-electron chi connectivity index (χ0n) is 15.7. The van der Waals surface area contributed by atoms with E-state index in [4.69, 9.17) is 16.3 Å². The van der Waals surface area contributed by atoms with Crippen LogP contribution in [-0.2, 0) is 22.4 Å². The van der Waals surface area contributed by atoms with Gasteiger partial charge < -0.3 is 10.1 Å². The van der Waals surface area contributed by atoms with Crippen LogP contribution < -0.4 is 5.32 Å². The summed E-state index contributed by atoms with van der Waals surface area (Å²) >= 11 is 5.77. The SMILES string of the molecule is O=C(COC(=O)c1c2c(nc3ccccc13)CCC2)Nc1ccc(Cl)cc1[N+](=O)[O-]. The Morgan fingerprint density at radius 2 is 2.00 bits per heavy atom. The van der Waals surface area contributed by atoms with Crippen LogP contribution in [0.15, 0.2) is 42.5 Å². The summed E-state index contributed by atoms with van der Waals surface area (Å²) in [5, 5.41) is 14.4. The van der Waals surface area contributed by atoms with Crippen molar-refractivity contribution in [2.75, 3.05) is 11.9 Å². The average Bonchev–Trinajstić information content (AvgIpc) is 3.19. The van der Waals surface area contributed by atoms with E-state index in [2.05, 4.69) is 10.3 Å². The number of esters is 1. The molecule has 0 saturated heterocycles. The topological polar surface area (TPSA) is 111 Å². The van der Waals surface area contributed by atoms with Gasteiger partial charge in [-0.05, 0) is 43.0 Å². The number of benzene rings is 2. The van der Waals surface area contributed by atoms with E-state index >= 15 is 0 Å². The van der Waals surface area contributed by atoms with Gasteiger partial charge in [0, 0.05) is 22.2 Å². The van der Waals surface area contributed by atoms with Crippen molar-refractivity contribution in [3.05, 3.63) is 74.4 Å². The fourth-order valence-corrected chi connectivity index (χ4v) is 3.76. The number of amides is 1. The molecular formula is C21H16ClN3O5. The number of hydrogen-bond acceptors (Lipinski definition) is 6. The predicted molar refractivity (Wildman–Crippen MR) is 111 cm³/mol. The molecule has 1 N–H and O–H groups in total. The van der Waals surface area contributed by atoms with Crippen LogP contribution in [0.25, 0.3) is 10.9 Å². The highest BCUT2D eigenvalue weighted by atomic mass is 35.5. The van der Waals surface area contributed by atoms with Crippen molar-refractivity contribution in [3.8, 4) is 0 Å². The second-order valence-electron chi connectivity index (χ2n) is 6.83. The minimum atomic E-state index is -0.691. The lowest BCUT2D eigenvalue weighted by Crippen LogP contribution is -2.22. The quantitative estimate of drug-likeness (QED) is 0.374. The molecule has 1 amide bonds. The fraction of sp³-hybridized carbons (Fsp3) is 0.190. The third kappa shape index (κ3) is 3.81. The van der Waals surface area contributed by atoms with Crippen molar-refractivity contribution in [2.45, 2.75) is 19.3 Å². The number of carbonyl (C=O) groups excluding carboxylic acids is 2. The number of halogens is 1. The molecule has 3 aromatic rings. The maximum atomic E-state index is 12.8. The first-order valence-electron chi connectivity index (χ1n) is 9.25. The second kappa shape index (κ2) is 8.08. The Kier molecular flexibility index (Phi) is 5.33. The number of anilines is 1. The van der Waals surface area contributed by atoms with Gasteiger partial charge in [0.2, 0.25) is 0 Å². The lowest BCUT2D eigenvalue weighted by atomic mass is 10.0. The number of ether oxygens (including phenoxy) is 1. The highest BCUT2D eigenvalue weighted by Gasteiger charge is 2.25. The van der Waals surface area contributed by atoms with Crippen molar-refractivity contribution < 1.29 is 19.2 Å². The largest absolute Gasteiger partial charge is 0.452 e. The summed E-state index contributed by atoms with van der Waals surface area (Å²) in [5.74, 6) is -1.31. The number of nitro groups is 1. The third-order valence-electron chi connectivity index (χ3n) is 4.89. The number of aryl methyl sites for hydroxylation is 1. The molecule has 0 atom stereocenters. The Labute approximate surface area is 176 Å². The number of para-hydroxylation sites is 1. The van der Waals surface area contributed by atoms with Crippen molar-refractivity contribution in [3.63, 3.8) is 0 Å². The summed E-state index contributed by atoms with van der Waals surface area (Å²) in [6, 6.07) is 11.2. The van der Waals surface area contributed by atoms with E-state index in [1.54, 1.807) is 6.07 Å². The molecule has 4 rings (SSSR count). The normalized spacial score (nSPS) is 12.4. The van der Waals surface area contributed by atoms with Gasteiger partial charge in [-0.15, -0.1) is 0 Å². The van der Waals surface area contributed by atoms with Gasteiger partial charge in [-0.2, -0.15) is 0 Å². The van der Waals surface area contributed by atoms with E-state index in [1.807, 2.05) is 18.2 Å². The average molecular weight is 426 g/mol. The van der Waals surface area contributed by atoms with Gasteiger partial charge >= 0.3 is 5.97 Å². The molecule has 0 radical (unpaired) electrons. The summed E-state index contributed by atoms with van der Waals surface area (Å²) in [6.45, 7) is -0.579. The van der Waals surface area contributed by atoms with Gasteiger partial charge in [0.1, 0.15) is 5.69 Å². The third-order valence-corrected chi connectivity index (χ3v) is 5.12. The smallest absolute Gasteiger partial charge is 0.339 e. The van der Waals surface area contributed by atoms with Crippen LogP contribution in [0.4, 0.5) is 11.4 Å². The van der Waals surface area contributed by atoms with Crippen molar-refractivity contribution >= 4 is 45.8 Å². The number of aromatic nitrogens is 1. The van der Waals surface area contributed by atoms with E-state index in [1.165, 1.54) is 12.1 Å². The summed E-state index contributed by atoms with van der Waals surface area (Å²) in [7, 11) is 0. The minimum Gasteiger partial charge on any atom is -0.452 e. The molecule has 1 heterocycles. The Bertz CT molecular complexity index is 1190. The van der Waals surface area contributed by atoms with Gasteiger partial charge in [-0.1, -0.05) is 29.8 Å². The van der Waals surface area contributed by atoms with Crippen LogP contribution in [0, 0.1) is 10.1 Å². The van der Waals surface area contributed by atoms with Gasteiger partial charge in [-0.3, -0.25) is 19.9 Å². The molecule has 1 aliphatic carbocycles. The molecule has 0 saturated carbocycles. The molecular weight excluding hydrogens is 410 g/mol. The summed E-state index contributed by atoms with van der Waals surface area (Å²) in [6.07, 6.45) is 2.42. The van der Waals surface area contributed by atoms with Crippen LogP contribution in [0.5, 0.6) is 0 Å². The van der Waals surface area contributed by atoms with Crippen LogP contribution in [0.2, 0.25) is 5.02 Å². The minimum absolute atomic E-state index is 0.0271. The first-order valence-corrected chi connectivity index (χ1v) is 9.63. The van der Waals surface area contributed by atoms with Crippen LogP contribution in [0.1, 0.15) is 28.0 Å². The van der Waals surface area contributed by atoms with Crippen LogP contribution in [-0.4, -0.2) is 28.4 Å². The second-order valence-corrected chi connectivity index (χ2v) is 7.26. The Hall–Kier alpha value is -3.52. The van der Waals surface area contributed by atoms with Crippen molar-refractivity contribution in [1.82, 2.24) is 4.98 Å². The van der Waals surface area contributed by atoms with E-state index in [0.717, 1.165) is 36.6 Å². The lowest BCUT2D eigenvalue weighted by molar-refractivity contribution is -0.383. The molecule has 0 bridgehead atoms. The maximum Gasteiger partial charge on any atom is 0.339 e. The summed E-state index contributed by atoms with van der Waals surface area (Å²) < 4.78 is 5.24. The zero-order valence-corrected chi connectivity index (χ0v) is 16.4. The van der Waals surface area contributed by atoms with Crippen LogP contribution >= 0.6 is 11.6 Å². The Balaban J connectivity index is 1.53. The van der Waals surface area contributed by atoms with Gasteiger partial charge in [-0.25, -0.2) is 4.79 Å². The molecule has 8 nitrogen and oxygen atoms in total. The Morgan fingerprint density at radius 1 is 1.20 bits per heavy atom. The van der Waals surface area contributed by atoms with Gasteiger partial charge in [0.25, 0.3) is 11.6 Å². The molecule has 1 aliphatic rings. The molecule has 30 heavy (non-hydrogen) atoms. The van der Waals surface area contributed by atoms with E-state index in [9.17, 15) is 19.7 Å². The molecule has 0 unspecified atom stereocenters. The molecule has 152 valence electrons. The van der Waals surface area contributed by atoms with Gasteiger partial charge in [0.05, 0.1) is 16.0 Å². The lowest BCUT2D eigenvalue weighted by Gasteiger charge is -2.12. The Morgan fingerprint density at radius 3 is 2.80 bits per heavy atom. The fourth-order valence-electron chi connectivity index (χ4n) is 3.60. The number of nitrogens with one attached hydrogen (secondary N) is 1. The maximum absolute atomic E-state index is 12.8. The van der Waals surface area contributed by atoms with E-state index in [-0.39, 0.29) is 16.4 Å². The number of pyridine rings is 1. The molecule has 1 aromatic heterocycles. The first kappa shape index (κ1) is 19.8. The molecule has 9 heteroatoms. The van der Waals surface area contributed by atoms with Gasteiger partial charge in [0.15, 0.2) is 6.61 Å². The van der Waals surface area contributed by atoms with Crippen molar-refractivity contribution in [1.29, 1.82) is 0 Å². The number of rotatable bonds is 5. The highest BCUT2D eigenvalue weighted by molar-refractivity contribution is 6.31. The zero-order chi connectivity index (χ0) is 21.3. The van der Waals surface area contributed by atoms with Crippen molar-refractivity contribution in [2.24, 2.45) is 0 Å². The monoisotopic (exact) mass is 425 g/mol. The predicted octanol–water partition coefficient (Wildman–Crippen LogP) is 4.08. The molecule has 0 aliphatic heterocycles. The number of nitro benzene ring substituents is 1. The number of fused-ring (bicyclic) bond motifs is 2. The number of hydrogen-bond donors (Lipinski definition) is 1. The van der Waals surface area contributed by atoms with E-state index in [0.29, 0.717) is 16.5 Å². The molecule has 0 spiro atoms. The molecule has 2 aromatic carbocycles. The van der Waals surface area contributed by atoms with Crippen LogP contribution in [0.3, 0.4) is 0 Å². The standard InChI is InChI=1S/C21H16ClN3O5/c22-12-8-9-17(18(10-12)25(28)29)24-19(26)11-30-21(27)20-13-4-1-2-6-15(13)23-16-7-3-5-14(16)20/h1-2,4,6,8-10H,3,5,7,11H2,(H,24,26). The number of nitrogens with zero attached hydrogens (tertiary/aromatic N) is 2. The first-order chi connectivity index (χ1) is 14.4. The summed E-state index contributed by atoms with van der Waals surface area (Å²) in [4.78, 5) is 40.2. The summed E-state index contributed by atoms with van der Waals surface area (Å²) in [5.41, 5.74) is 2.49.